The van der Waals surface area contributed by atoms with Gasteiger partial charge in [0.15, 0.2) is 5.78 Å². The van der Waals surface area contributed by atoms with E-state index in [-0.39, 0.29) is 11.7 Å². The molecular formula is C9H7Cl2IO2. The summed E-state index contributed by atoms with van der Waals surface area (Å²) < 4.78 is 5.90. The van der Waals surface area contributed by atoms with Crippen LogP contribution in [-0.2, 0) is 0 Å². The van der Waals surface area contributed by atoms with E-state index in [9.17, 15) is 4.79 Å². The fourth-order valence-electron chi connectivity index (χ4n) is 0.987. The van der Waals surface area contributed by atoms with Crippen molar-refractivity contribution in [1.29, 1.82) is 0 Å². The number of halogens is 3. The third-order valence-corrected chi connectivity index (χ3v) is 3.43. The first-order chi connectivity index (χ1) is 6.60. The van der Waals surface area contributed by atoms with Gasteiger partial charge in [-0.15, -0.1) is 11.6 Å². The van der Waals surface area contributed by atoms with Gasteiger partial charge in [-0.25, -0.2) is 0 Å². The van der Waals surface area contributed by atoms with Gasteiger partial charge >= 0.3 is 0 Å². The Morgan fingerprint density at radius 2 is 2.21 bits per heavy atom. The molecule has 2 nitrogen and oxygen atoms in total. The van der Waals surface area contributed by atoms with E-state index in [1.807, 2.05) is 0 Å². The zero-order valence-corrected chi connectivity index (χ0v) is 11.0. The molecule has 0 heterocycles. The topological polar surface area (TPSA) is 26.3 Å². The highest BCUT2D eigenvalue weighted by molar-refractivity contribution is 14.1. The van der Waals surface area contributed by atoms with Gasteiger partial charge in [0.25, 0.3) is 0 Å². The predicted octanol–water partition coefficient (Wildman–Crippen LogP) is 3.37. The molecule has 0 aliphatic heterocycles. The van der Waals surface area contributed by atoms with Crippen LogP contribution in [0.2, 0.25) is 5.02 Å². The van der Waals surface area contributed by atoms with E-state index < -0.39 is 0 Å². The standard InChI is InChI=1S/C9H7Cl2IO2/c1-14-9-3-7(12)6(11)2-5(9)8(13)4-10/h2-3H,4H2,1H3. The van der Waals surface area contributed by atoms with Crippen LogP contribution in [-0.4, -0.2) is 18.8 Å². The smallest absolute Gasteiger partial charge is 0.181 e. The number of hydrogen-bond donors (Lipinski definition) is 0. The minimum Gasteiger partial charge on any atom is -0.496 e. The molecule has 0 unspecified atom stereocenters. The molecule has 76 valence electrons. The zero-order chi connectivity index (χ0) is 10.7. The Morgan fingerprint density at radius 1 is 1.57 bits per heavy atom. The van der Waals surface area contributed by atoms with Crippen LogP contribution < -0.4 is 4.74 Å². The second kappa shape index (κ2) is 5.19. The van der Waals surface area contributed by atoms with Gasteiger partial charge in [0.2, 0.25) is 0 Å². The number of benzene rings is 1. The average Bonchev–Trinajstić information content (AvgIpc) is 2.20. The largest absolute Gasteiger partial charge is 0.496 e. The van der Waals surface area contributed by atoms with E-state index in [2.05, 4.69) is 22.6 Å². The van der Waals surface area contributed by atoms with Gasteiger partial charge in [-0.05, 0) is 34.7 Å². The molecule has 0 aromatic heterocycles. The third kappa shape index (κ3) is 2.52. The number of ketones is 1. The molecule has 0 bridgehead atoms. The summed E-state index contributed by atoms with van der Waals surface area (Å²) in [7, 11) is 1.50. The number of hydrogen-bond acceptors (Lipinski definition) is 2. The molecule has 1 rings (SSSR count). The Bertz CT molecular complexity index is 366. The molecule has 0 fully saturated rings. The summed E-state index contributed by atoms with van der Waals surface area (Å²) in [5.74, 6) is 0.235. The maximum absolute atomic E-state index is 11.4. The van der Waals surface area contributed by atoms with Gasteiger partial charge in [0, 0.05) is 3.57 Å². The maximum atomic E-state index is 11.4. The number of rotatable bonds is 3. The lowest BCUT2D eigenvalue weighted by Crippen LogP contribution is -2.03. The molecule has 0 saturated heterocycles. The van der Waals surface area contributed by atoms with Gasteiger partial charge in [0.1, 0.15) is 5.75 Å². The third-order valence-electron chi connectivity index (χ3n) is 1.66. The number of methoxy groups -OCH3 is 1. The first-order valence-electron chi connectivity index (χ1n) is 3.72. The van der Waals surface area contributed by atoms with E-state index in [0.717, 1.165) is 3.57 Å². The van der Waals surface area contributed by atoms with Crippen molar-refractivity contribution in [2.45, 2.75) is 0 Å². The van der Waals surface area contributed by atoms with Gasteiger partial charge in [-0.2, -0.15) is 0 Å². The number of carbonyl (C=O) groups is 1. The first-order valence-corrected chi connectivity index (χ1v) is 5.71. The van der Waals surface area contributed by atoms with Crippen LogP contribution in [0.4, 0.5) is 0 Å². The quantitative estimate of drug-likeness (QED) is 0.477. The summed E-state index contributed by atoms with van der Waals surface area (Å²) in [5, 5.41) is 0.528. The Hall–Kier alpha value is -0.000000000000000167. The number of carbonyl (C=O) groups excluding carboxylic acids is 1. The second-order valence-corrected chi connectivity index (χ2v) is 4.36. The van der Waals surface area contributed by atoms with Crippen LogP contribution in [0.1, 0.15) is 10.4 Å². The van der Waals surface area contributed by atoms with Crippen LogP contribution in [0.25, 0.3) is 0 Å². The van der Waals surface area contributed by atoms with Crippen molar-refractivity contribution < 1.29 is 9.53 Å². The fraction of sp³-hybridized carbons (Fsp3) is 0.222. The Morgan fingerprint density at radius 3 is 2.71 bits per heavy atom. The van der Waals surface area contributed by atoms with Gasteiger partial charge in [-0.1, -0.05) is 11.6 Å². The highest BCUT2D eigenvalue weighted by atomic mass is 127. The SMILES string of the molecule is COc1cc(I)c(Cl)cc1C(=O)CCl. The lowest BCUT2D eigenvalue weighted by molar-refractivity contribution is 0.101. The molecule has 0 N–H and O–H groups in total. The summed E-state index contributed by atoms with van der Waals surface area (Å²) >= 11 is 13.4. The summed E-state index contributed by atoms with van der Waals surface area (Å²) in [6, 6.07) is 3.29. The Kier molecular flexibility index (Phi) is 4.47. The Labute approximate surface area is 106 Å². The molecule has 0 aliphatic carbocycles. The van der Waals surface area contributed by atoms with Crippen molar-refractivity contribution >= 4 is 51.6 Å². The molecule has 1 aromatic carbocycles. The summed E-state index contributed by atoms with van der Waals surface area (Å²) in [4.78, 5) is 11.4. The molecule has 5 heteroatoms. The van der Waals surface area contributed by atoms with Crippen LogP contribution >= 0.6 is 45.8 Å². The molecule has 0 amide bonds. The molecule has 0 aliphatic rings. The van der Waals surface area contributed by atoms with Gasteiger partial charge in [0.05, 0.1) is 23.6 Å². The first kappa shape index (κ1) is 12.1. The lowest BCUT2D eigenvalue weighted by Gasteiger charge is -2.07. The van der Waals surface area contributed by atoms with Crippen molar-refractivity contribution in [2.75, 3.05) is 13.0 Å². The predicted molar refractivity (Wildman–Crippen MR) is 65.8 cm³/mol. The highest BCUT2D eigenvalue weighted by Crippen LogP contribution is 2.28. The van der Waals surface area contributed by atoms with Crippen LogP contribution in [0.3, 0.4) is 0 Å². The van der Waals surface area contributed by atoms with Gasteiger partial charge in [-0.3, -0.25) is 4.79 Å². The number of alkyl halides is 1. The van der Waals surface area contributed by atoms with E-state index in [1.54, 1.807) is 12.1 Å². The van der Waals surface area contributed by atoms with E-state index in [0.29, 0.717) is 16.3 Å². The molecule has 0 spiro atoms. The molecule has 0 radical (unpaired) electrons. The minimum atomic E-state index is -0.193. The second-order valence-electron chi connectivity index (χ2n) is 2.52. The molecule has 14 heavy (non-hydrogen) atoms. The van der Waals surface area contributed by atoms with E-state index in [4.69, 9.17) is 27.9 Å². The molecule has 0 saturated carbocycles. The van der Waals surface area contributed by atoms with Crippen LogP contribution in [0.15, 0.2) is 12.1 Å². The summed E-state index contributed by atoms with van der Waals surface area (Å²) in [6.07, 6.45) is 0. The average molecular weight is 345 g/mol. The number of ether oxygens (including phenoxy) is 1. The van der Waals surface area contributed by atoms with E-state index >= 15 is 0 Å². The summed E-state index contributed by atoms with van der Waals surface area (Å²) in [6.45, 7) is 0. The van der Waals surface area contributed by atoms with Crippen LogP contribution in [0, 0.1) is 3.57 Å². The van der Waals surface area contributed by atoms with E-state index in [1.165, 1.54) is 7.11 Å². The van der Waals surface area contributed by atoms with Crippen molar-refractivity contribution in [2.24, 2.45) is 0 Å². The molecule has 0 atom stereocenters. The van der Waals surface area contributed by atoms with Crippen molar-refractivity contribution in [3.8, 4) is 5.75 Å². The monoisotopic (exact) mass is 344 g/mol. The van der Waals surface area contributed by atoms with Crippen molar-refractivity contribution in [3.05, 3.63) is 26.3 Å². The molecule has 1 aromatic rings. The van der Waals surface area contributed by atoms with Crippen LogP contribution in [0.5, 0.6) is 5.75 Å². The van der Waals surface area contributed by atoms with Crippen molar-refractivity contribution in [1.82, 2.24) is 0 Å². The normalized spacial score (nSPS) is 10.0. The maximum Gasteiger partial charge on any atom is 0.181 e. The minimum absolute atomic E-state index is 0.0761. The van der Waals surface area contributed by atoms with Crippen molar-refractivity contribution in [3.63, 3.8) is 0 Å². The fourth-order valence-corrected chi connectivity index (χ4v) is 1.73. The highest BCUT2D eigenvalue weighted by Gasteiger charge is 2.13. The number of Topliss-reactive ketones (excluding diaryl/α,β-unsaturated/α-hetero) is 1. The summed E-state index contributed by atoms with van der Waals surface area (Å²) in [5.41, 5.74) is 0.424. The lowest BCUT2D eigenvalue weighted by atomic mass is 10.1. The molecular weight excluding hydrogens is 338 g/mol. The zero-order valence-electron chi connectivity index (χ0n) is 7.31. The van der Waals surface area contributed by atoms with Gasteiger partial charge < -0.3 is 4.74 Å². The Balaban J connectivity index is 3.27.